The number of rotatable bonds is 4. The zero-order valence-electron chi connectivity index (χ0n) is 17.3. The first kappa shape index (κ1) is 24.7. The van der Waals surface area contributed by atoms with Gasteiger partial charge in [0.2, 0.25) is 5.91 Å². The van der Waals surface area contributed by atoms with E-state index in [1.807, 2.05) is 4.90 Å². The van der Waals surface area contributed by atoms with E-state index in [1.54, 1.807) is 18.2 Å². The van der Waals surface area contributed by atoms with E-state index in [9.17, 15) is 26.4 Å². The van der Waals surface area contributed by atoms with Crippen molar-refractivity contribution < 1.29 is 26.4 Å². The smallest absolute Gasteiger partial charge is 0.368 e. The molecular formula is C21H21Cl2F3N2O3S. The summed E-state index contributed by atoms with van der Waals surface area (Å²) in [4.78, 5) is 16.0. The lowest BCUT2D eigenvalue weighted by Crippen LogP contribution is -2.56. The first-order valence-corrected chi connectivity index (χ1v) is 11.9. The van der Waals surface area contributed by atoms with Crippen LogP contribution in [0.4, 0.5) is 18.9 Å². The molecule has 0 spiro atoms. The van der Waals surface area contributed by atoms with Crippen molar-refractivity contribution in [2.75, 3.05) is 31.1 Å². The summed E-state index contributed by atoms with van der Waals surface area (Å²) in [6.45, 7) is 3.75. The van der Waals surface area contributed by atoms with Crippen LogP contribution in [-0.2, 0) is 20.8 Å². The van der Waals surface area contributed by atoms with Crippen LogP contribution in [0.5, 0.6) is 0 Å². The first-order chi connectivity index (χ1) is 14.7. The van der Waals surface area contributed by atoms with Gasteiger partial charge in [0.15, 0.2) is 9.84 Å². The monoisotopic (exact) mass is 508 g/mol. The molecule has 0 atom stereocenters. The molecule has 1 amide bonds. The topological polar surface area (TPSA) is 57.7 Å². The molecule has 0 aromatic heterocycles. The Morgan fingerprint density at radius 2 is 1.50 bits per heavy atom. The average Bonchev–Trinajstić information content (AvgIpc) is 2.72. The Morgan fingerprint density at radius 3 is 2.03 bits per heavy atom. The molecule has 1 aliphatic heterocycles. The van der Waals surface area contributed by atoms with E-state index in [4.69, 9.17) is 23.2 Å². The van der Waals surface area contributed by atoms with Gasteiger partial charge in [-0.15, -0.1) is 0 Å². The molecule has 0 bridgehead atoms. The fraction of sp³-hybridized carbons (Fsp3) is 0.381. The molecule has 1 heterocycles. The van der Waals surface area contributed by atoms with Crippen LogP contribution in [0.25, 0.3) is 0 Å². The van der Waals surface area contributed by atoms with Crippen LogP contribution >= 0.6 is 23.2 Å². The number of amides is 1. The lowest BCUT2D eigenvalue weighted by Gasteiger charge is -2.39. The summed E-state index contributed by atoms with van der Waals surface area (Å²) in [6, 6.07) is 8.53. The van der Waals surface area contributed by atoms with Gasteiger partial charge in [0.05, 0.1) is 10.5 Å². The van der Waals surface area contributed by atoms with E-state index in [0.29, 0.717) is 29.2 Å². The highest BCUT2D eigenvalue weighted by atomic mass is 35.5. The second-order valence-corrected chi connectivity index (χ2v) is 11.3. The van der Waals surface area contributed by atoms with Crippen molar-refractivity contribution in [3.63, 3.8) is 0 Å². The number of carbonyl (C=O) groups excluding carboxylic acids is 1. The van der Waals surface area contributed by atoms with E-state index >= 15 is 0 Å². The zero-order valence-corrected chi connectivity index (χ0v) is 19.6. The van der Waals surface area contributed by atoms with Gasteiger partial charge < -0.3 is 9.80 Å². The van der Waals surface area contributed by atoms with Crippen LogP contribution in [0, 0.1) is 0 Å². The Bertz CT molecular complexity index is 1110. The molecule has 5 nitrogen and oxygen atoms in total. The van der Waals surface area contributed by atoms with Gasteiger partial charge in [0.25, 0.3) is 0 Å². The molecule has 0 aliphatic carbocycles. The largest absolute Gasteiger partial charge is 0.416 e. The SMILES string of the molecule is CC(C)(C(=O)N1CCN(c2cc(Cl)cc(Cl)c2)CC1)S(=O)(=O)c1cccc(C(F)(F)F)c1. The van der Waals surface area contributed by atoms with E-state index in [0.717, 1.165) is 23.9 Å². The number of carbonyl (C=O) groups is 1. The van der Waals surface area contributed by atoms with Gasteiger partial charge in [-0.1, -0.05) is 29.3 Å². The molecule has 2 aromatic carbocycles. The van der Waals surface area contributed by atoms with E-state index in [1.165, 1.54) is 18.7 Å². The van der Waals surface area contributed by atoms with Crippen LogP contribution in [0.3, 0.4) is 0 Å². The Hall–Kier alpha value is -1.97. The Labute approximate surface area is 194 Å². The Kier molecular flexibility index (Phi) is 6.75. The van der Waals surface area contributed by atoms with Crippen molar-refractivity contribution in [1.29, 1.82) is 0 Å². The molecule has 32 heavy (non-hydrogen) atoms. The predicted molar refractivity (Wildman–Crippen MR) is 118 cm³/mol. The summed E-state index contributed by atoms with van der Waals surface area (Å²) in [5.41, 5.74) is -0.305. The van der Waals surface area contributed by atoms with Crippen LogP contribution in [0.1, 0.15) is 19.4 Å². The summed E-state index contributed by atoms with van der Waals surface area (Å²) in [5.74, 6) is -0.668. The van der Waals surface area contributed by atoms with Gasteiger partial charge >= 0.3 is 6.18 Å². The lowest BCUT2D eigenvalue weighted by molar-refractivity contribution is -0.137. The van der Waals surface area contributed by atoms with E-state index in [2.05, 4.69) is 0 Å². The van der Waals surface area contributed by atoms with E-state index in [-0.39, 0.29) is 13.1 Å². The molecule has 0 saturated carbocycles. The highest BCUT2D eigenvalue weighted by Crippen LogP contribution is 2.34. The summed E-state index contributed by atoms with van der Waals surface area (Å²) < 4.78 is 63.4. The molecule has 1 fully saturated rings. The summed E-state index contributed by atoms with van der Waals surface area (Å²) in [7, 11) is -4.39. The second kappa shape index (κ2) is 8.76. The van der Waals surface area contributed by atoms with Gasteiger partial charge in [-0.05, 0) is 50.2 Å². The zero-order chi connectivity index (χ0) is 23.9. The number of halogens is 5. The molecule has 1 aliphatic rings. The normalized spacial score (nSPS) is 15.7. The number of anilines is 1. The lowest BCUT2D eigenvalue weighted by atomic mass is 10.1. The minimum absolute atomic E-state index is 0.241. The highest BCUT2D eigenvalue weighted by molar-refractivity contribution is 7.93. The molecule has 0 N–H and O–H groups in total. The molecule has 11 heteroatoms. The number of sulfone groups is 1. The molecule has 174 valence electrons. The maximum atomic E-state index is 13.1. The number of alkyl halides is 3. The summed E-state index contributed by atoms with van der Waals surface area (Å²) >= 11 is 12.1. The van der Waals surface area contributed by atoms with Crippen molar-refractivity contribution >= 4 is 44.6 Å². The molecule has 2 aromatic rings. The number of piperazine rings is 1. The van der Waals surface area contributed by atoms with Gasteiger partial charge in [-0.2, -0.15) is 13.2 Å². The Morgan fingerprint density at radius 1 is 0.938 bits per heavy atom. The fourth-order valence-corrected chi connectivity index (χ4v) is 5.52. The van der Waals surface area contributed by atoms with Crippen molar-refractivity contribution in [1.82, 2.24) is 4.90 Å². The van der Waals surface area contributed by atoms with Crippen LogP contribution in [-0.4, -0.2) is 50.2 Å². The number of benzene rings is 2. The van der Waals surface area contributed by atoms with Crippen LogP contribution in [0.2, 0.25) is 10.0 Å². The summed E-state index contributed by atoms with van der Waals surface area (Å²) in [6.07, 6.45) is -4.70. The number of hydrogen-bond acceptors (Lipinski definition) is 4. The van der Waals surface area contributed by atoms with Gasteiger partial charge in [-0.25, -0.2) is 8.42 Å². The van der Waals surface area contributed by atoms with Crippen LogP contribution in [0.15, 0.2) is 47.4 Å². The van der Waals surface area contributed by atoms with Gasteiger partial charge in [-0.3, -0.25) is 4.79 Å². The molecule has 0 unspecified atom stereocenters. The van der Waals surface area contributed by atoms with Crippen molar-refractivity contribution in [3.05, 3.63) is 58.1 Å². The molecular weight excluding hydrogens is 488 g/mol. The number of hydrogen-bond donors (Lipinski definition) is 0. The predicted octanol–water partition coefficient (Wildman–Crippen LogP) is 4.91. The average molecular weight is 509 g/mol. The van der Waals surface area contributed by atoms with Gasteiger partial charge in [0.1, 0.15) is 4.75 Å². The first-order valence-electron chi connectivity index (χ1n) is 9.66. The van der Waals surface area contributed by atoms with E-state index < -0.39 is 37.1 Å². The third kappa shape index (κ3) is 4.84. The minimum atomic E-state index is -4.70. The van der Waals surface area contributed by atoms with Crippen molar-refractivity contribution in [2.45, 2.75) is 29.7 Å². The van der Waals surface area contributed by atoms with Gasteiger partial charge in [0, 0.05) is 41.9 Å². The molecule has 1 saturated heterocycles. The maximum Gasteiger partial charge on any atom is 0.416 e. The number of nitrogens with zero attached hydrogens (tertiary/aromatic N) is 2. The van der Waals surface area contributed by atoms with Crippen molar-refractivity contribution in [2.24, 2.45) is 0 Å². The minimum Gasteiger partial charge on any atom is -0.368 e. The molecule has 0 radical (unpaired) electrons. The second-order valence-electron chi connectivity index (χ2n) is 7.95. The standard InChI is InChI=1S/C21H21Cl2F3N2O3S/c1-20(2,32(30,31)18-5-3-4-14(10-18)21(24,25)26)19(29)28-8-6-27(7-9-28)17-12-15(22)11-16(23)13-17/h3-5,10-13H,6-9H2,1-2H3. The third-order valence-electron chi connectivity index (χ3n) is 5.44. The summed E-state index contributed by atoms with van der Waals surface area (Å²) in [5, 5.41) is 0.943. The maximum absolute atomic E-state index is 13.1. The fourth-order valence-electron chi connectivity index (χ4n) is 3.52. The van der Waals surface area contributed by atoms with Crippen molar-refractivity contribution in [3.8, 4) is 0 Å². The Balaban J connectivity index is 1.78. The van der Waals surface area contributed by atoms with Crippen LogP contribution < -0.4 is 4.90 Å². The highest BCUT2D eigenvalue weighted by Gasteiger charge is 2.46. The quantitative estimate of drug-likeness (QED) is 0.588. The molecule has 3 rings (SSSR count). The third-order valence-corrected chi connectivity index (χ3v) is 8.27.